The summed E-state index contributed by atoms with van der Waals surface area (Å²) in [5.41, 5.74) is 6.60. The first kappa shape index (κ1) is 12.9. The highest BCUT2D eigenvalue weighted by molar-refractivity contribution is 5.78. The highest BCUT2D eigenvalue weighted by Gasteiger charge is 2.31. The number of anilines is 1. The maximum atomic E-state index is 13.7. The summed E-state index contributed by atoms with van der Waals surface area (Å²) >= 11 is 0. The molecule has 0 bridgehead atoms. The highest BCUT2D eigenvalue weighted by Crippen LogP contribution is 2.27. The van der Waals surface area contributed by atoms with Crippen LogP contribution in [0.4, 0.5) is 10.1 Å². The van der Waals surface area contributed by atoms with Crippen LogP contribution in [0.3, 0.4) is 0 Å². The third-order valence-corrected chi connectivity index (χ3v) is 3.69. The number of carbonyl (C=O) groups excluding carboxylic acids is 1. The van der Waals surface area contributed by atoms with Gasteiger partial charge in [0.25, 0.3) is 0 Å². The Labute approximate surface area is 107 Å². The van der Waals surface area contributed by atoms with Crippen molar-refractivity contribution in [2.24, 2.45) is 11.8 Å². The molecule has 0 saturated carbocycles. The van der Waals surface area contributed by atoms with E-state index in [0.717, 1.165) is 0 Å². The summed E-state index contributed by atoms with van der Waals surface area (Å²) in [5, 5.41) is 0. The van der Waals surface area contributed by atoms with Gasteiger partial charge in [0.2, 0.25) is 5.91 Å². The van der Waals surface area contributed by atoms with Crippen LogP contribution in [0.15, 0.2) is 18.2 Å². The van der Waals surface area contributed by atoms with Crippen molar-refractivity contribution in [3.63, 3.8) is 0 Å². The number of benzene rings is 1. The molecular formula is C14H19FN2O. The average molecular weight is 250 g/mol. The van der Waals surface area contributed by atoms with Gasteiger partial charge < -0.3 is 10.6 Å². The monoisotopic (exact) mass is 250 g/mol. The van der Waals surface area contributed by atoms with Gasteiger partial charge in [-0.15, -0.1) is 0 Å². The number of nitrogen functional groups attached to an aromatic ring is 1. The van der Waals surface area contributed by atoms with Crippen LogP contribution in [-0.2, 0) is 11.3 Å². The van der Waals surface area contributed by atoms with E-state index < -0.39 is 0 Å². The Balaban J connectivity index is 2.13. The summed E-state index contributed by atoms with van der Waals surface area (Å²) in [6.45, 7) is 5.20. The predicted molar refractivity (Wildman–Crippen MR) is 69.2 cm³/mol. The van der Waals surface area contributed by atoms with Crippen molar-refractivity contribution < 1.29 is 9.18 Å². The lowest BCUT2D eigenvalue weighted by molar-refractivity contribution is -0.128. The van der Waals surface area contributed by atoms with E-state index in [2.05, 4.69) is 13.8 Å². The number of likely N-dealkylation sites (tertiary alicyclic amines) is 1. The second-order valence-corrected chi connectivity index (χ2v) is 5.29. The Bertz CT molecular complexity index is 439. The molecule has 0 aliphatic carbocycles. The first-order chi connectivity index (χ1) is 8.49. The van der Waals surface area contributed by atoms with Crippen LogP contribution in [-0.4, -0.2) is 17.4 Å². The maximum absolute atomic E-state index is 13.7. The number of halogens is 1. The molecule has 1 unspecified atom stereocenters. The van der Waals surface area contributed by atoms with Crippen LogP contribution in [0.1, 0.15) is 25.8 Å². The molecule has 18 heavy (non-hydrogen) atoms. The second-order valence-electron chi connectivity index (χ2n) is 5.29. The molecule has 1 fully saturated rings. The van der Waals surface area contributed by atoms with E-state index >= 15 is 0 Å². The van der Waals surface area contributed by atoms with Crippen LogP contribution >= 0.6 is 0 Å². The van der Waals surface area contributed by atoms with E-state index in [9.17, 15) is 9.18 Å². The molecule has 1 aromatic rings. The van der Waals surface area contributed by atoms with Crippen molar-refractivity contribution in [3.05, 3.63) is 29.6 Å². The summed E-state index contributed by atoms with van der Waals surface area (Å²) in [6, 6.07) is 4.63. The minimum Gasteiger partial charge on any atom is -0.398 e. The maximum Gasteiger partial charge on any atom is 0.223 e. The van der Waals surface area contributed by atoms with E-state index in [0.29, 0.717) is 36.1 Å². The van der Waals surface area contributed by atoms with Crippen LogP contribution in [0.2, 0.25) is 0 Å². The molecule has 0 spiro atoms. The summed E-state index contributed by atoms with van der Waals surface area (Å²) in [6.07, 6.45) is 0.562. The molecule has 1 amide bonds. The zero-order valence-corrected chi connectivity index (χ0v) is 10.8. The summed E-state index contributed by atoms with van der Waals surface area (Å²) in [5.74, 6) is 0.592. The molecule has 2 N–H and O–H groups in total. The molecule has 3 nitrogen and oxygen atoms in total. The molecule has 1 aliphatic rings. The normalized spacial score (nSPS) is 19.9. The van der Waals surface area contributed by atoms with Gasteiger partial charge in [-0.05, 0) is 24.0 Å². The van der Waals surface area contributed by atoms with Gasteiger partial charge in [-0.1, -0.05) is 19.9 Å². The van der Waals surface area contributed by atoms with Gasteiger partial charge in [-0.25, -0.2) is 4.39 Å². The molecule has 1 saturated heterocycles. The first-order valence-corrected chi connectivity index (χ1v) is 6.29. The number of amides is 1. The van der Waals surface area contributed by atoms with Gasteiger partial charge in [0.1, 0.15) is 5.82 Å². The van der Waals surface area contributed by atoms with E-state index in [1.807, 2.05) is 0 Å². The number of hydrogen-bond acceptors (Lipinski definition) is 2. The number of rotatable bonds is 3. The molecule has 0 aromatic heterocycles. The number of nitrogens with two attached hydrogens (primary N) is 1. The van der Waals surface area contributed by atoms with Crippen molar-refractivity contribution in [1.82, 2.24) is 4.90 Å². The van der Waals surface area contributed by atoms with E-state index in [4.69, 9.17) is 5.73 Å². The Hall–Kier alpha value is -1.58. The first-order valence-electron chi connectivity index (χ1n) is 6.29. The number of nitrogens with zero attached hydrogens (tertiary/aromatic N) is 1. The molecule has 1 heterocycles. The zero-order chi connectivity index (χ0) is 13.3. The van der Waals surface area contributed by atoms with Crippen molar-refractivity contribution in [1.29, 1.82) is 0 Å². The zero-order valence-electron chi connectivity index (χ0n) is 10.8. The SMILES string of the molecule is CC(C)C1CC(=O)N(Cc2c(N)cccc2F)C1. The smallest absolute Gasteiger partial charge is 0.223 e. The minimum atomic E-state index is -0.337. The molecule has 4 heteroatoms. The molecule has 1 atom stereocenters. The Morgan fingerprint density at radius 3 is 2.78 bits per heavy atom. The van der Waals surface area contributed by atoms with E-state index in [-0.39, 0.29) is 18.3 Å². The third kappa shape index (κ3) is 2.47. The molecular weight excluding hydrogens is 231 g/mol. The van der Waals surface area contributed by atoms with Gasteiger partial charge in [0.05, 0.1) is 6.54 Å². The van der Waals surface area contributed by atoms with Gasteiger partial charge in [0.15, 0.2) is 0 Å². The topological polar surface area (TPSA) is 46.3 Å². The van der Waals surface area contributed by atoms with E-state index in [1.165, 1.54) is 6.07 Å². The summed E-state index contributed by atoms with van der Waals surface area (Å²) < 4.78 is 13.7. The van der Waals surface area contributed by atoms with Crippen molar-refractivity contribution >= 4 is 11.6 Å². The number of carbonyl (C=O) groups is 1. The lowest BCUT2D eigenvalue weighted by atomic mass is 9.95. The Morgan fingerprint density at radius 1 is 1.50 bits per heavy atom. The summed E-state index contributed by atoms with van der Waals surface area (Å²) in [7, 11) is 0. The number of hydrogen-bond donors (Lipinski definition) is 1. The van der Waals surface area contributed by atoms with Gasteiger partial charge in [-0.3, -0.25) is 4.79 Å². The largest absolute Gasteiger partial charge is 0.398 e. The lowest BCUT2D eigenvalue weighted by Gasteiger charge is -2.19. The Morgan fingerprint density at radius 2 is 2.22 bits per heavy atom. The molecule has 1 aliphatic heterocycles. The lowest BCUT2D eigenvalue weighted by Crippen LogP contribution is -2.26. The average Bonchev–Trinajstić information content (AvgIpc) is 2.66. The quantitative estimate of drug-likeness (QED) is 0.837. The molecule has 1 aromatic carbocycles. The third-order valence-electron chi connectivity index (χ3n) is 3.69. The fraction of sp³-hybridized carbons (Fsp3) is 0.500. The van der Waals surface area contributed by atoms with Gasteiger partial charge in [-0.2, -0.15) is 0 Å². The fourth-order valence-electron chi connectivity index (χ4n) is 2.34. The van der Waals surface area contributed by atoms with E-state index in [1.54, 1.807) is 17.0 Å². The van der Waals surface area contributed by atoms with Crippen LogP contribution in [0, 0.1) is 17.7 Å². The predicted octanol–water partition coefficient (Wildman–Crippen LogP) is 2.41. The minimum absolute atomic E-state index is 0.0938. The van der Waals surface area contributed by atoms with Crippen molar-refractivity contribution in [2.45, 2.75) is 26.8 Å². The fourth-order valence-corrected chi connectivity index (χ4v) is 2.34. The van der Waals surface area contributed by atoms with Crippen molar-refractivity contribution in [2.75, 3.05) is 12.3 Å². The van der Waals surface area contributed by atoms with Crippen LogP contribution in [0.25, 0.3) is 0 Å². The van der Waals surface area contributed by atoms with Gasteiger partial charge in [0, 0.05) is 24.2 Å². The molecule has 0 radical (unpaired) electrons. The van der Waals surface area contributed by atoms with Gasteiger partial charge >= 0.3 is 0 Å². The summed E-state index contributed by atoms with van der Waals surface area (Å²) in [4.78, 5) is 13.6. The molecule has 98 valence electrons. The Kier molecular flexibility index (Phi) is 3.55. The second kappa shape index (κ2) is 4.96. The van der Waals surface area contributed by atoms with Crippen molar-refractivity contribution in [3.8, 4) is 0 Å². The van der Waals surface area contributed by atoms with Crippen LogP contribution in [0.5, 0.6) is 0 Å². The molecule has 2 rings (SSSR count). The highest BCUT2D eigenvalue weighted by atomic mass is 19.1. The standard InChI is InChI=1S/C14H19FN2O/c1-9(2)10-6-14(18)17(7-10)8-11-12(15)4-3-5-13(11)16/h3-5,9-10H,6-8,16H2,1-2H3. The van der Waals surface area contributed by atoms with Crippen LogP contribution < -0.4 is 5.73 Å².